The molecule has 3 heterocycles. The number of aromatic nitrogens is 4. The van der Waals surface area contributed by atoms with Gasteiger partial charge in [-0.25, -0.2) is 9.37 Å². The predicted octanol–water partition coefficient (Wildman–Crippen LogP) is 3.85. The maximum Gasteiger partial charge on any atom is 0.165 e. The Hall–Kier alpha value is -3.28. The Labute approximate surface area is 144 Å². The second-order valence-corrected chi connectivity index (χ2v) is 5.73. The van der Waals surface area contributed by atoms with Crippen LogP contribution in [-0.4, -0.2) is 19.6 Å². The molecule has 0 atom stereocenters. The number of aryl methyl sites for hydroxylation is 1. The SMILES string of the molecule is Cc1cc(NCc2ccccn2)n2ncc(-c3ccccc3F)c2n1. The largest absolute Gasteiger partial charge is 0.364 e. The highest BCUT2D eigenvalue weighted by Gasteiger charge is 2.14. The van der Waals surface area contributed by atoms with Crippen molar-refractivity contribution in [1.82, 2.24) is 19.6 Å². The first-order valence-corrected chi connectivity index (χ1v) is 7.96. The lowest BCUT2D eigenvalue weighted by Gasteiger charge is -2.09. The van der Waals surface area contributed by atoms with Crippen molar-refractivity contribution >= 4 is 11.5 Å². The number of nitrogens with one attached hydrogen (secondary N) is 1. The molecule has 0 aliphatic rings. The van der Waals surface area contributed by atoms with Gasteiger partial charge in [0.05, 0.1) is 18.4 Å². The predicted molar refractivity (Wildman–Crippen MR) is 94.7 cm³/mol. The van der Waals surface area contributed by atoms with Crippen molar-refractivity contribution in [2.45, 2.75) is 13.5 Å². The molecule has 6 heteroatoms. The third-order valence-corrected chi connectivity index (χ3v) is 3.94. The van der Waals surface area contributed by atoms with E-state index < -0.39 is 0 Å². The minimum absolute atomic E-state index is 0.288. The van der Waals surface area contributed by atoms with E-state index in [0.29, 0.717) is 23.3 Å². The summed E-state index contributed by atoms with van der Waals surface area (Å²) in [5.74, 6) is 0.499. The molecule has 4 aromatic rings. The van der Waals surface area contributed by atoms with Crippen LogP contribution in [0, 0.1) is 12.7 Å². The Kier molecular flexibility index (Phi) is 3.85. The summed E-state index contributed by atoms with van der Waals surface area (Å²) in [6.07, 6.45) is 3.40. The lowest BCUT2D eigenvalue weighted by Crippen LogP contribution is -2.07. The van der Waals surface area contributed by atoms with Gasteiger partial charge in [0.1, 0.15) is 11.6 Å². The number of fused-ring (bicyclic) bond motifs is 1. The second-order valence-electron chi connectivity index (χ2n) is 5.73. The number of rotatable bonds is 4. The summed E-state index contributed by atoms with van der Waals surface area (Å²) in [4.78, 5) is 8.85. The topological polar surface area (TPSA) is 55.1 Å². The highest BCUT2D eigenvalue weighted by molar-refractivity contribution is 5.78. The highest BCUT2D eigenvalue weighted by Crippen LogP contribution is 2.27. The fourth-order valence-corrected chi connectivity index (χ4v) is 2.76. The first-order chi connectivity index (χ1) is 12.2. The van der Waals surface area contributed by atoms with Crippen LogP contribution in [0.15, 0.2) is 60.9 Å². The van der Waals surface area contributed by atoms with Crippen LogP contribution in [0.2, 0.25) is 0 Å². The molecule has 1 N–H and O–H groups in total. The smallest absolute Gasteiger partial charge is 0.165 e. The Balaban J connectivity index is 1.75. The van der Waals surface area contributed by atoms with Crippen LogP contribution in [0.1, 0.15) is 11.4 Å². The Morgan fingerprint density at radius 2 is 1.92 bits per heavy atom. The number of pyridine rings is 1. The molecule has 0 radical (unpaired) electrons. The molecule has 0 aliphatic heterocycles. The van der Waals surface area contributed by atoms with Crippen molar-refractivity contribution in [1.29, 1.82) is 0 Å². The van der Waals surface area contributed by atoms with Crippen LogP contribution < -0.4 is 5.32 Å². The molecule has 124 valence electrons. The standard InChI is InChI=1S/C19H16FN5/c1-13-10-18(22-11-14-6-4-5-9-21-14)25-19(24-13)16(12-23-25)15-7-2-3-8-17(15)20/h2-10,12,22H,11H2,1H3. The average molecular weight is 333 g/mol. The minimum Gasteiger partial charge on any atom is -0.364 e. The maximum absolute atomic E-state index is 14.2. The van der Waals surface area contributed by atoms with Crippen LogP contribution in [0.3, 0.4) is 0 Å². The molecule has 5 nitrogen and oxygen atoms in total. The van der Waals surface area contributed by atoms with Gasteiger partial charge in [0.2, 0.25) is 0 Å². The quantitative estimate of drug-likeness (QED) is 0.616. The molecule has 25 heavy (non-hydrogen) atoms. The van der Waals surface area contributed by atoms with Gasteiger partial charge in [-0.1, -0.05) is 24.3 Å². The lowest BCUT2D eigenvalue weighted by atomic mass is 10.1. The van der Waals surface area contributed by atoms with Crippen molar-refractivity contribution in [3.63, 3.8) is 0 Å². The third kappa shape index (κ3) is 2.94. The summed E-state index contributed by atoms with van der Waals surface area (Å²) in [5.41, 5.74) is 3.53. The van der Waals surface area contributed by atoms with E-state index in [-0.39, 0.29) is 5.82 Å². The van der Waals surface area contributed by atoms with E-state index in [2.05, 4.69) is 20.4 Å². The molecular formula is C19H16FN5. The first-order valence-electron chi connectivity index (χ1n) is 7.96. The number of halogens is 1. The molecule has 0 unspecified atom stereocenters. The van der Waals surface area contributed by atoms with Crippen LogP contribution in [0.5, 0.6) is 0 Å². The Morgan fingerprint density at radius 1 is 1.08 bits per heavy atom. The average Bonchev–Trinajstić information content (AvgIpc) is 3.04. The molecule has 0 amide bonds. The Bertz CT molecular complexity index is 1030. The number of hydrogen-bond acceptors (Lipinski definition) is 4. The van der Waals surface area contributed by atoms with Crippen molar-refractivity contribution in [3.8, 4) is 11.1 Å². The van der Waals surface area contributed by atoms with Gasteiger partial charge in [0, 0.05) is 29.1 Å². The summed E-state index contributed by atoms with van der Waals surface area (Å²) in [6.45, 7) is 2.47. The molecule has 0 fully saturated rings. The van der Waals surface area contributed by atoms with Crippen molar-refractivity contribution < 1.29 is 4.39 Å². The zero-order valence-corrected chi connectivity index (χ0v) is 13.6. The second kappa shape index (κ2) is 6.32. The number of benzene rings is 1. The number of hydrogen-bond donors (Lipinski definition) is 1. The van der Waals surface area contributed by atoms with Gasteiger partial charge in [-0.2, -0.15) is 9.61 Å². The first kappa shape index (κ1) is 15.3. The van der Waals surface area contributed by atoms with Gasteiger partial charge >= 0.3 is 0 Å². The van der Waals surface area contributed by atoms with Crippen LogP contribution >= 0.6 is 0 Å². The molecule has 0 spiro atoms. The monoisotopic (exact) mass is 333 g/mol. The molecule has 0 aliphatic carbocycles. The van der Waals surface area contributed by atoms with Gasteiger partial charge in [-0.15, -0.1) is 0 Å². The molecule has 0 saturated carbocycles. The molecule has 3 aromatic heterocycles. The van der Waals surface area contributed by atoms with Gasteiger partial charge < -0.3 is 5.32 Å². The lowest BCUT2D eigenvalue weighted by molar-refractivity contribution is 0.631. The molecule has 4 rings (SSSR count). The van der Waals surface area contributed by atoms with Gasteiger partial charge in [0.25, 0.3) is 0 Å². The highest BCUT2D eigenvalue weighted by atomic mass is 19.1. The summed E-state index contributed by atoms with van der Waals surface area (Å²) in [7, 11) is 0. The molecule has 1 aromatic carbocycles. The van der Waals surface area contributed by atoms with Crippen LogP contribution in [-0.2, 0) is 6.54 Å². The van der Waals surface area contributed by atoms with E-state index in [1.54, 1.807) is 35.1 Å². The van der Waals surface area contributed by atoms with Crippen LogP contribution in [0.4, 0.5) is 10.2 Å². The van der Waals surface area contributed by atoms with E-state index in [1.165, 1.54) is 6.07 Å². The summed E-state index contributed by atoms with van der Waals surface area (Å²) in [6, 6.07) is 14.3. The summed E-state index contributed by atoms with van der Waals surface area (Å²) in [5, 5.41) is 7.72. The van der Waals surface area contributed by atoms with Gasteiger partial charge in [0.15, 0.2) is 5.65 Å². The summed E-state index contributed by atoms with van der Waals surface area (Å²) >= 11 is 0. The fraction of sp³-hybridized carbons (Fsp3) is 0.105. The number of nitrogens with zero attached hydrogens (tertiary/aromatic N) is 4. The normalized spacial score (nSPS) is 11.0. The molecular weight excluding hydrogens is 317 g/mol. The zero-order valence-electron chi connectivity index (χ0n) is 13.6. The Morgan fingerprint density at radius 3 is 2.72 bits per heavy atom. The van der Waals surface area contributed by atoms with E-state index in [9.17, 15) is 4.39 Å². The van der Waals surface area contributed by atoms with Crippen molar-refractivity contribution in [2.24, 2.45) is 0 Å². The number of anilines is 1. The third-order valence-electron chi connectivity index (χ3n) is 3.94. The van der Waals surface area contributed by atoms with E-state index in [1.807, 2.05) is 31.2 Å². The zero-order chi connectivity index (χ0) is 17.2. The van der Waals surface area contributed by atoms with E-state index in [0.717, 1.165) is 17.2 Å². The maximum atomic E-state index is 14.2. The summed E-state index contributed by atoms with van der Waals surface area (Å²) < 4.78 is 15.9. The van der Waals surface area contributed by atoms with Crippen LogP contribution in [0.25, 0.3) is 16.8 Å². The minimum atomic E-state index is -0.288. The van der Waals surface area contributed by atoms with E-state index >= 15 is 0 Å². The molecule has 0 saturated heterocycles. The van der Waals surface area contributed by atoms with Gasteiger partial charge in [-0.3, -0.25) is 4.98 Å². The van der Waals surface area contributed by atoms with E-state index in [4.69, 9.17) is 0 Å². The van der Waals surface area contributed by atoms with Crippen molar-refractivity contribution in [3.05, 3.63) is 78.1 Å². The van der Waals surface area contributed by atoms with Gasteiger partial charge in [-0.05, 0) is 25.1 Å². The molecule has 0 bridgehead atoms. The van der Waals surface area contributed by atoms with Crippen molar-refractivity contribution in [2.75, 3.05) is 5.32 Å². The fourth-order valence-electron chi connectivity index (χ4n) is 2.76.